The molecule has 0 amide bonds. The molecule has 1 aliphatic rings. The molecule has 0 unspecified atom stereocenters. The number of hydrogen-bond acceptors (Lipinski definition) is 2. The Morgan fingerprint density at radius 3 is 2.53 bits per heavy atom. The molecule has 80 valence electrons. The van der Waals surface area contributed by atoms with Gasteiger partial charge in [-0.05, 0) is 12.5 Å². The van der Waals surface area contributed by atoms with Gasteiger partial charge in [0.05, 0.1) is 5.57 Å². The lowest BCUT2D eigenvalue weighted by atomic mass is 9.63. The summed E-state index contributed by atoms with van der Waals surface area (Å²) >= 11 is 0. The van der Waals surface area contributed by atoms with Gasteiger partial charge in [0, 0.05) is 11.8 Å². The van der Waals surface area contributed by atoms with Crippen LogP contribution in [0.1, 0.15) is 27.2 Å². The summed E-state index contributed by atoms with van der Waals surface area (Å²) in [7, 11) is 0. The summed E-state index contributed by atoms with van der Waals surface area (Å²) in [6.07, 6.45) is 6.98. The Balaban J connectivity index is 3.49. The van der Waals surface area contributed by atoms with Crippen molar-refractivity contribution in [3.05, 3.63) is 23.8 Å². The SMILES string of the molecule is C#CC1=C(C)[C@](O)(C=C)C(C)(C)CC1=O. The summed E-state index contributed by atoms with van der Waals surface area (Å²) in [6.45, 7) is 9.00. The lowest BCUT2D eigenvalue weighted by Gasteiger charge is -2.44. The van der Waals surface area contributed by atoms with E-state index in [-0.39, 0.29) is 17.8 Å². The van der Waals surface area contributed by atoms with Gasteiger partial charge in [0.2, 0.25) is 0 Å². The molecule has 0 saturated heterocycles. The molecule has 0 aromatic heterocycles. The first-order valence-corrected chi connectivity index (χ1v) is 4.87. The predicted molar refractivity (Wildman–Crippen MR) is 60.1 cm³/mol. The van der Waals surface area contributed by atoms with Crippen molar-refractivity contribution in [2.45, 2.75) is 32.8 Å². The van der Waals surface area contributed by atoms with Crippen molar-refractivity contribution >= 4 is 5.78 Å². The van der Waals surface area contributed by atoms with Crippen LogP contribution in [0.3, 0.4) is 0 Å². The molecule has 1 N–H and O–H groups in total. The van der Waals surface area contributed by atoms with Gasteiger partial charge in [-0.1, -0.05) is 32.4 Å². The van der Waals surface area contributed by atoms with Crippen LogP contribution < -0.4 is 0 Å². The highest BCUT2D eigenvalue weighted by atomic mass is 16.3. The molecule has 0 fully saturated rings. The van der Waals surface area contributed by atoms with Crippen LogP contribution in [0.15, 0.2) is 23.8 Å². The maximum Gasteiger partial charge on any atom is 0.171 e. The maximum atomic E-state index is 11.7. The highest BCUT2D eigenvalue weighted by Crippen LogP contribution is 2.45. The van der Waals surface area contributed by atoms with Crippen molar-refractivity contribution in [1.82, 2.24) is 0 Å². The van der Waals surface area contributed by atoms with E-state index in [4.69, 9.17) is 6.42 Å². The molecule has 2 heteroatoms. The highest BCUT2D eigenvalue weighted by molar-refractivity contribution is 6.02. The van der Waals surface area contributed by atoms with E-state index < -0.39 is 11.0 Å². The number of hydrogen-bond donors (Lipinski definition) is 1. The fourth-order valence-electron chi connectivity index (χ4n) is 2.15. The van der Waals surface area contributed by atoms with Crippen molar-refractivity contribution in [2.24, 2.45) is 5.41 Å². The number of rotatable bonds is 1. The van der Waals surface area contributed by atoms with Gasteiger partial charge in [0.25, 0.3) is 0 Å². The van der Waals surface area contributed by atoms with Crippen LogP contribution in [0, 0.1) is 17.8 Å². The van der Waals surface area contributed by atoms with Crippen molar-refractivity contribution in [3.8, 4) is 12.3 Å². The minimum atomic E-state index is -1.19. The lowest BCUT2D eigenvalue weighted by molar-refractivity contribution is -0.122. The van der Waals surface area contributed by atoms with E-state index in [9.17, 15) is 9.90 Å². The number of terminal acetylenes is 1. The molecule has 2 nitrogen and oxygen atoms in total. The van der Waals surface area contributed by atoms with Crippen molar-refractivity contribution in [2.75, 3.05) is 0 Å². The normalized spacial score (nSPS) is 29.9. The monoisotopic (exact) mass is 204 g/mol. The first-order chi connectivity index (χ1) is 6.80. The molecular weight excluding hydrogens is 188 g/mol. The van der Waals surface area contributed by atoms with Crippen LogP contribution in [0.5, 0.6) is 0 Å². The average molecular weight is 204 g/mol. The third kappa shape index (κ3) is 1.44. The van der Waals surface area contributed by atoms with Crippen LogP contribution in [0.4, 0.5) is 0 Å². The number of Topliss-reactive ketones (excluding diaryl/α,β-unsaturated/α-hetero) is 1. The smallest absolute Gasteiger partial charge is 0.171 e. The fraction of sp³-hybridized carbons (Fsp3) is 0.462. The summed E-state index contributed by atoms with van der Waals surface area (Å²) in [5.41, 5.74) is -0.934. The molecule has 0 aliphatic heterocycles. The van der Waals surface area contributed by atoms with Gasteiger partial charge >= 0.3 is 0 Å². The molecule has 0 aromatic rings. The Morgan fingerprint density at radius 2 is 2.13 bits per heavy atom. The van der Waals surface area contributed by atoms with Crippen LogP contribution in [0.25, 0.3) is 0 Å². The first kappa shape index (κ1) is 11.7. The van der Waals surface area contributed by atoms with Gasteiger partial charge in [0.15, 0.2) is 5.78 Å². The maximum absolute atomic E-state index is 11.7. The second kappa shape index (κ2) is 3.36. The van der Waals surface area contributed by atoms with Gasteiger partial charge in [-0.2, -0.15) is 0 Å². The van der Waals surface area contributed by atoms with E-state index in [2.05, 4.69) is 12.5 Å². The predicted octanol–water partition coefficient (Wildman–Crippen LogP) is 1.85. The number of carbonyl (C=O) groups excluding carboxylic acids is 1. The van der Waals surface area contributed by atoms with E-state index in [1.807, 2.05) is 13.8 Å². The molecule has 0 saturated carbocycles. The van der Waals surface area contributed by atoms with Crippen LogP contribution in [0.2, 0.25) is 0 Å². The van der Waals surface area contributed by atoms with Gasteiger partial charge in [0.1, 0.15) is 5.60 Å². The summed E-state index contributed by atoms with van der Waals surface area (Å²) in [5, 5.41) is 10.5. The Morgan fingerprint density at radius 1 is 1.60 bits per heavy atom. The molecule has 1 rings (SSSR count). The van der Waals surface area contributed by atoms with E-state index in [1.165, 1.54) is 6.08 Å². The molecule has 0 bridgehead atoms. The Bertz CT molecular complexity index is 393. The second-order valence-electron chi connectivity index (χ2n) is 4.60. The minimum Gasteiger partial charge on any atom is -0.381 e. The quantitative estimate of drug-likeness (QED) is 0.523. The molecule has 1 atom stereocenters. The zero-order valence-corrected chi connectivity index (χ0v) is 9.42. The molecule has 15 heavy (non-hydrogen) atoms. The third-order valence-corrected chi connectivity index (χ3v) is 3.30. The largest absolute Gasteiger partial charge is 0.381 e. The molecule has 0 aromatic carbocycles. The summed E-state index contributed by atoms with van der Waals surface area (Å²) in [4.78, 5) is 11.7. The topological polar surface area (TPSA) is 37.3 Å². The second-order valence-corrected chi connectivity index (χ2v) is 4.60. The van der Waals surface area contributed by atoms with Gasteiger partial charge in [-0.3, -0.25) is 4.79 Å². The Hall–Kier alpha value is -1.33. The van der Waals surface area contributed by atoms with E-state index in [0.29, 0.717) is 5.57 Å². The Labute approximate surface area is 90.7 Å². The van der Waals surface area contributed by atoms with E-state index >= 15 is 0 Å². The molecule has 0 radical (unpaired) electrons. The summed E-state index contributed by atoms with van der Waals surface area (Å²) in [6, 6.07) is 0. The number of ketones is 1. The first-order valence-electron chi connectivity index (χ1n) is 4.87. The summed E-state index contributed by atoms with van der Waals surface area (Å²) in [5.74, 6) is 2.28. The summed E-state index contributed by atoms with van der Waals surface area (Å²) < 4.78 is 0. The standard InChI is InChI=1S/C13H16O2/c1-6-10-9(3)13(15,7-2)12(4,5)8-11(10)14/h1,7,15H,2,8H2,3-5H3/t13-/m1/s1. The zero-order chi connectivity index (χ0) is 11.9. The van der Waals surface area contributed by atoms with Crippen molar-refractivity contribution in [1.29, 1.82) is 0 Å². The van der Waals surface area contributed by atoms with Crippen molar-refractivity contribution < 1.29 is 9.90 Å². The fourth-order valence-corrected chi connectivity index (χ4v) is 2.15. The third-order valence-electron chi connectivity index (χ3n) is 3.30. The van der Waals surface area contributed by atoms with E-state index in [0.717, 1.165) is 0 Å². The van der Waals surface area contributed by atoms with Gasteiger partial charge in [-0.25, -0.2) is 0 Å². The molecular formula is C13H16O2. The molecule has 0 heterocycles. The minimum absolute atomic E-state index is 0.0773. The van der Waals surface area contributed by atoms with Gasteiger partial charge in [-0.15, -0.1) is 6.42 Å². The highest BCUT2D eigenvalue weighted by Gasteiger charge is 2.48. The average Bonchev–Trinajstić information content (AvgIpc) is 2.14. The van der Waals surface area contributed by atoms with Crippen LogP contribution in [-0.4, -0.2) is 16.5 Å². The Kier molecular flexibility index (Phi) is 2.63. The number of aliphatic hydroxyl groups is 1. The zero-order valence-electron chi connectivity index (χ0n) is 9.42. The van der Waals surface area contributed by atoms with E-state index in [1.54, 1.807) is 6.92 Å². The van der Waals surface area contributed by atoms with Crippen molar-refractivity contribution in [3.63, 3.8) is 0 Å². The number of carbonyl (C=O) groups is 1. The number of allylic oxidation sites excluding steroid dienone is 1. The molecule has 1 aliphatic carbocycles. The lowest BCUT2D eigenvalue weighted by Crippen LogP contribution is -2.49. The van der Waals surface area contributed by atoms with Crippen LogP contribution in [-0.2, 0) is 4.79 Å². The molecule has 0 spiro atoms. The van der Waals surface area contributed by atoms with Gasteiger partial charge < -0.3 is 5.11 Å². The van der Waals surface area contributed by atoms with Crippen LogP contribution >= 0.6 is 0 Å².